The van der Waals surface area contributed by atoms with Crippen molar-refractivity contribution in [2.24, 2.45) is 0 Å². The fourth-order valence-electron chi connectivity index (χ4n) is 6.10. The summed E-state index contributed by atoms with van der Waals surface area (Å²) in [7, 11) is 0. The number of tetrazole rings is 2. The van der Waals surface area contributed by atoms with E-state index in [2.05, 4.69) is 71.8 Å². The number of benzene rings is 4. The molecular formula is C38H31Cl3F4N10O2. The average Bonchev–Trinajstić information content (AvgIpc) is 3.99. The molecule has 0 unspecified atom stereocenters. The van der Waals surface area contributed by atoms with Gasteiger partial charge in [-0.3, -0.25) is 0 Å². The van der Waals surface area contributed by atoms with Gasteiger partial charge in [-0.05, 0) is 118 Å². The van der Waals surface area contributed by atoms with Crippen molar-refractivity contribution in [3.63, 3.8) is 0 Å². The standard InChI is InChI=1S/C20H19Cl2N5O.C18H12ClF4N5O/c1-3-4-15-11(2)5-14(9-17(15)22)23-10-13-8-18-12(6-16(13)21)7-19(28-18)20-24-26-27-25-20;19-13-4-9-5-16(17-25-27-28-26-17)29-15(9)6-11(13)8-24-12-1-2-14(20)10(3-12)7-18(21,22)23/h5-9,23H,3-4,10H2,1-2H3,(H,24,25,26,27);1-6,24H,7-8H2,(H,25,26,27,28). The minimum absolute atomic E-state index is 0.199. The number of aromatic amines is 2. The number of alkyl halides is 3. The zero-order chi connectivity index (χ0) is 40.3. The number of furan rings is 2. The van der Waals surface area contributed by atoms with E-state index in [0.717, 1.165) is 52.0 Å². The van der Waals surface area contributed by atoms with Crippen LogP contribution in [0.3, 0.4) is 0 Å². The van der Waals surface area contributed by atoms with Crippen LogP contribution in [0.1, 0.15) is 41.2 Å². The van der Waals surface area contributed by atoms with Crippen LogP contribution < -0.4 is 10.6 Å². The second-order valence-corrected chi connectivity index (χ2v) is 14.2. The molecule has 8 rings (SSSR count). The van der Waals surface area contributed by atoms with Gasteiger partial charge in [0.2, 0.25) is 11.6 Å². The Balaban J connectivity index is 0.000000174. The zero-order valence-corrected chi connectivity index (χ0v) is 32.3. The third-order valence-electron chi connectivity index (χ3n) is 8.82. The number of nitrogens with zero attached hydrogens (tertiary/aromatic N) is 6. The molecule has 0 aliphatic rings. The number of aromatic nitrogens is 8. The topological polar surface area (TPSA) is 159 Å². The number of halogens is 7. The first kappa shape index (κ1) is 39.5. The van der Waals surface area contributed by atoms with E-state index in [1.54, 1.807) is 18.2 Å². The van der Waals surface area contributed by atoms with Crippen LogP contribution in [-0.4, -0.2) is 47.4 Å². The highest BCUT2D eigenvalue weighted by Crippen LogP contribution is 2.33. The third-order valence-corrected chi connectivity index (χ3v) is 9.86. The Kier molecular flexibility index (Phi) is 11.6. The van der Waals surface area contributed by atoms with Gasteiger partial charge in [0.1, 0.15) is 17.0 Å². The largest absolute Gasteiger partial charge is 0.453 e. The average molecular weight is 842 g/mol. The number of fused-ring (bicyclic) bond motifs is 2. The van der Waals surface area contributed by atoms with Gasteiger partial charge in [0.25, 0.3) is 0 Å². The number of aryl methyl sites for hydroxylation is 1. The minimum atomic E-state index is -4.50. The molecule has 12 nitrogen and oxygen atoms in total. The Bertz CT molecular complexity index is 2620. The lowest BCUT2D eigenvalue weighted by Crippen LogP contribution is -2.13. The summed E-state index contributed by atoms with van der Waals surface area (Å²) in [6.45, 7) is 4.99. The third kappa shape index (κ3) is 9.47. The van der Waals surface area contributed by atoms with E-state index in [1.807, 2.05) is 24.3 Å². The van der Waals surface area contributed by atoms with Crippen molar-refractivity contribution in [1.82, 2.24) is 41.2 Å². The molecule has 4 N–H and O–H groups in total. The number of H-pyrrole nitrogens is 2. The van der Waals surface area contributed by atoms with Crippen molar-refractivity contribution in [3.8, 4) is 23.2 Å². The Morgan fingerprint density at radius 1 is 0.684 bits per heavy atom. The van der Waals surface area contributed by atoms with E-state index < -0.39 is 24.0 Å². The van der Waals surface area contributed by atoms with Crippen molar-refractivity contribution >= 4 is 68.1 Å². The second-order valence-electron chi connectivity index (χ2n) is 13.0. The van der Waals surface area contributed by atoms with Gasteiger partial charge in [-0.1, -0.05) is 48.1 Å². The lowest BCUT2D eigenvalue weighted by atomic mass is 10.0. The van der Waals surface area contributed by atoms with Crippen LogP contribution in [0.2, 0.25) is 15.1 Å². The van der Waals surface area contributed by atoms with Gasteiger partial charge in [-0.15, -0.1) is 20.4 Å². The second kappa shape index (κ2) is 16.8. The van der Waals surface area contributed by atoms with Crippen LogP contribution in [0.5, 0.6) is 0 Å². The van der Waals surface area contributed by atoms with E-state index in [-0.39, 0.29) is 6.54 Å². The molecule has 0 amide bonds. The van der Waals surface area contributed by atoms with Gasteiger partial charge < -0.3 is 19.5 Å². The fourth-order valence-corrected chi connectivity index (χ4v) is 6.94. The predicted molar refractivity (Wildman–Crippen MR) is 210 cm³/mol. The van der Waals surface area contributed by atoms with Crippen molar-refractivity contribution in [2.75, 3.05) is 10.6 Å². The van der Waals surface area contributed by atoms with Crippen LogP contribution in [-0.2, 0) is 25.9 Å². The molecule has 0 saturated carbocycles. The van der Waals surface area contributed by atoms with Crippen LogP contribution >= 0.6 is 34.8 Å². The first-order valence-corrected chi connectivity index (χ1v) is 18.5. The first-order chi connectivity index (χ1) is 27.3. The van der Waals surface area contributed by atoms with Crippen molar-refractivity contribution < 1.29 is 26.4 Å². The minimum Gasteiger partial charge on any atom is -0.453 e. The summed E-state index contributed by atoms with van der Waals surface area (Å²) in [6.07, 6.45) is -3.79. The maximum absolute atomic E-state index is 13.6. The summed E-state index contributed by atoms with van der Waals surface area (Å²) in [6, 6.07) is 18.3. The molecule has 0 bridgehead atoms. The quantitative estimate of drug-likeness (QED) is 0.0923. The van der Waals surface area contributed by atoms with Gasteiger partial charge in [0.05, 0.1) is 6.42 Å². The van der Waals surface area contributed by atoms with Gasteiger partial charge >= 0.3 is 6.18 Å². The van der Waals surface area contributed by atoms with Crippen molar-refractivity contribution in [2.45, 2.75) is 52.4 Å². The highest BCUT2D eigenvalue weighted by Gasteiger charge is 2.29. The molecule has 0 aliphatic heterocycles. The molecular weight excluding hydrogens is 811 g/mol. The number of rotatable bonds is 11. The van der Waals surface area contributed by atoms with Crippen LogP contribution in [0.4, 0.5) is 28.9 Å². The van der Waals surface area contributed by atoms with E-state index in [9.17, 15) is 17.6 Å². The molecule has 0 atom stereocenters. The number of hydrogen-bond donors (Lipinski definition) is 4. The molecule has 0 saturated heterocycles. The van der Waals surface area contributed by atoms with Gasteiger partial charge in [-0.25, -0.2) is 4.39 Å². The number of anilines is 2. The Labute approximate surface area is 336 Å². The van der Waals surface area contributed by atoms with Crippen molar-refractivity contribution in [1.29, 1.82) is 0 Å². The summed E-state index contributed by atoms with van der Waals surface area (Å²) < 4.78 is 62.9. The van der Waals surface area contributed by atoms with E-state index >= 15 is 0 Å². The Morgan fingerprint density at radius 2 is 1.25 bits per heavy atom. The molecule has 0 radical (unpaired) electrons. The molecule has 19 heteroatoms. The summed E-state index contributed by atoms with van der Waals surface area (Å²) >= 11 is 19.2. The number of hydrogen-bond acceptors (Lipinski definition) is 10. The summed E-state index contributed by atoms with van der Waals surface area (Å²) in [4.78, 5) is 0. The molecule has 0 aliphatic carbocycles. The fraction of sp³-hybridized carbons (Fsp3) is 0.211. The normalized spacial score (nSPS) is 11.6. The smallest absolute Gasteiger partial charge is 0.393 e. The molecule has 8 aromatic rings. The Hall–Kier alpha value is -5.71. The molecule has 57 heavy (non-hydrogen) atoms. The predicted octanol–water partition coefficient (Wildman–Crippen LogP) is 10.9. The van der Waals surface area contributed by atoms with E-state index in [0.29, 0.717) is 62.2 Å². The van der Waals surface area contributed by atoms with Gasteiger partial charge in [-0.2, -0.15) is 23.6 Å². The summed E-state index contributed by atoms with van der Waals surface area (Å²) in [5.74, 6) is 0.741. The van der Waals surface area contributed by atoms with Crippen LogP contribution in [0.15, 0.2) is 75.6 Å². The van der Waals surface area contributed by atoms with Crippen molar-refractivity contribution in [3.05, 3.63) is 115 Å². The van der Waals surface area contributed by atoms with Crippen LogP contribution in [0, 0.1) is 12.7 Å². The molecule has 0 spiro atoms. The lowest BCUT2D eigenvalue weighted by Gasteiger charge is -2.13. The highest BCUT2D eigenvalue weighted by atomic mass is 35.5. The monoisotopic (exact) mass is 840 g/mol. The molecule has 0 fully saturated rings. The lowest BCUT2D eigenvalue weighted by molar-refractivity contribution is -0.127. The highest BCUT2D eigenvalue weighted by molar-refractivity contribution is 6.32. The molecule has 294 valence electrons. The summed E-state index contributed by atoms with van der Waals surface area (Å²) in [5, 5.41) is 37.2. The van der Waals surface area contributed by atoms with Gasteiger partial charge in [0, 0.05) is 50.3 Å². The SMILES string of the molecule is CCCc1c(C)cc(NCc2cc3oc(-c4nn[nH]n4)cc3cc2Cl)cc1Cl.Fc1ccc(NCc2cc3oc(-c4nn[nH]n4)cc3cc2Cl)cc1CC(F)(F)F. The first-order valence-electron chi connectivity index (χ1n) is 17.4. The van der Waals surface area contributed by atoms with Crippen LogP contribution in [0.25, 0.3) is 45.1 Å². The molecule has 4 aromatic heterocycles. The Morgan fingerprint density at radius 3 is 1.74 bits per heavy atom. The number of nitrogens with one attached hydrogen (secondary N) is 4. The molecule has 4 aromatic carbocycles. The maximum Gasteiger partial charge on any atom is 0.393 e. The van der Waals surface area contributed by atoms with E-state index in [4.69, 9.17) is 43.6 Å². The van der Waals surface area contributed by atoms with Gasteiger partial charge in [0.15, 0.2) is 11.5 Å². The maximum atomic E-state index is 13.6. The molecule has 4 heterocycles. The van der Waals surface area contributed by atoms with E-state index in [1.165, 1.54) is 17.2 Å². The zero-order valence-electron chi connectivity index (χ0n) is 30.0. The summed E-state index contributed by atoms with van der Waals surface area (Å²) in [5.41, 5.74) is 6.09.